The first-order valence-electron chi connectivity index (χ1n) is 6.48. The summed E-state index contributed by atoms with van der Waals surface area (Å²) >= 11 is 0. The number of carboxylic acids is 1. The Morgan fingerprint density at radius 1 is 1.33 bits per heavy atom. The fourth-order valence-corrected chi connectivity index (χ4v) is 1.94. The van der Waals surface area contributed by atoms with Gasteiger partial charge in [0, 0.05) is 25.7 Å². The van der Waals surface area contributed by atoms with Gasteiger partial charge >= 0.3 is 12.0 Å². The molecule has 1 atom stereocenters. The average molecular weight is 257 g/mol. The number of carboxylic acid groups (broad SMARTS) is 1. The van der Waals surface area contributed by atoms with Crippen LogP contribution in [0, 0.1) is 5.92 Å². The summed E-state index contributed by atoms with van der Waals surface area (Å²) in [4.78, 5) is 24.5. The zero-order chi connectivity index (χ0) is 13.5. The van der Waals surface area contributed by atoms with Gasteiger partial charge in [0.25, 0.3) is 0 Å². The van der Waals surface area contributed by atoms with Gasteiger partial charge in [0.05, 0.1) is 6.42 Å². The Hall–Kier alpha value is -1.30. The van der Waals surface area contributed by atoms with Crippen LogP contribution in [0.5, 0.6) is 0 Å². The van der Waals surface area contributed by atoms with Crippen molar-refractivity contribution in [2.75, 3.05) is 26.2 Å². The highest BCUT2D eigenvalue weighted by Gasteiger charge is 2.22. The van der Waals surface area contributed by atoms with Gasteiger partial charge in [0.2, 0.25) is 0 Å². The van der Waals surface area contributed by atoms with Crippen LogP contribution in [0.4, 0.5) is 4.79 Å². The molecule has 6 nitrogen and oxygen atoms in total. The Bertz CT molecular complexity index is 286. The van der Waals surface area contributed by atoms with Crippen molar-refractivity contribution in [1.29, 1.82) is 0 Å². The van der Waals surface area contributed by atoms with E-state index in [0.717, 1.165) is 26.1 Å². The van der Waals surface area contributed by atoms with E-state index < -0.39 is 5.97 Å². The van der Waals surface area contributed by atoms with E-state index in [1.165, 1.54) is 0 Å². The molecule has 104 valence electrons. The number of urea groups is 1. The molecule has 1 heterocycles. The fourth-order valence-electron chi connectivity index (χ4n) is 1.94. The third-order valence-electron chi connectivity index (χ3n) is 3.14. The third kappa shape index (κ3) is 4.91. The lowest BCUT2D eigenvalue weighted by molar-refractivity contribution is -0.137. The highest BCUT2D eigenvalue weighted by atomic mass is 16.4. The number of nitrogens with one attached hydrogen (secondary N) is 2. The van der Waals surface area contributed by atoms with Crippen molar-refractivity contribution in [3.05, 3.63) is 0 Å². The summed E-state index contributed by atoms with van der Waals surface area (Å²) in [5.74, 6) is -0.776. The van der Waals surface area contributed by atoms with Gasteiger partial charge in [-0.1, -0.05) is 13.8 Å². The molecular formula is C12H23N3O3. The van der Waals surface area contributed by atoms with Gasteiger partial charge in [0.15, 0.2) is 0 Å². The van der Waals surface area contributed by atoms with Crippen LogP contribution in [0.2, 0.25) is 0 Å². The molecule has 1 fully saturated rings. The van der Waals surface area contributed by atoms with Crippen LogP contribution in [0.15, 0.2) is 0 Å². The van der Waals surface area contributed by atoms with E-state index in [4.69, 9.17) is 5.11 Å². The number of carbonyl (C=O) groups excluding carboxylic acids is 1. The normalized spacial score (nSPS) is 18.3. The SMILES string of the molecule is CC(C)C(CC(=O)O)NC(=O)N1CCCNCC1. The van der Waals surface area contributed by atoms with Gasteiger partial charge in [-0.25, -0.2) is 4.79 Å². The first-order valence-corrected chi connectivity index (χ1v) is 6.48. The summed E-state index contributed by atoms with van der Waals surface area (Å²) < 4.78 is 0. The van der Waals surface area contributed by atoms with Crippen molar-refractivity contribution >= 4 is 12.0 Å². The van der Waals surface area contributed by atoms with E-state index in [1.807, 2.05) is 13.8 Å². The van der Waals surface area contributed by atoms with E-state index in [9.17, 15) is 9.59 Å². The maximum Gasteiger partial charge on any atom is 0.317 e. The third-order valence-corrected chi connectivity index (χ3v) is 3.14. The van der Waals surface area contributed by atoms with Crippen molar-refractivity contribution < 1.29 is 14.7 Å². The van der Waals surface area contributed by atoms with Crippen LogP contribution >= 0.6 is 0 Å². The lowest BCUT2D eigenvalue weighted by Crippen LogP contribution is -2.48. The Kier molecular flexibility index (Phi) is 5.91. The van der Waals surface area contributed by atoms with Gasteiger partial charge in [-0.3, -0.25) is 4.79 Å². The van der Waals surface area contributed by atoms with E-state index in [0.29, 0.717) is 6.54 Å². The van der Waals surface area contributed by atoms with E-state index in [-0.39, 0.29) is 24.4 Å². The molecule has 6 heteroatoms. The van der Waals surface area contributed by atoms with Crippen LogP contribution in [-0.4, -0.2) is 54.2 Å². The minimum absolute atomic E-state index is 0.0322. The molecule has 18 heavy (non-hydrogen) atoms. The quantitative estimate of drug-likeness (QED) is 0.684. The fraction of sp³-hybridized carbons (Fsp3) is 0.833. The van der Waals surface area contributed by atoms with Crippen molar-refractivity contribution in [1.82, 2.24) is 15.5 Å². The summed E-state index contributed by atoms with van der Waals surface area (Å²) in [5.41, 5.74) is 0. The summed E-state index contributed by atoms with van der Waals surface area (Å²) in [6, 6.07) is -0.468. The molecule has 0 aromatic carbocycles. The van der Waals surface area contributed by atoms with E-state index in [2.05, 4.69) is 10.6 Å². The molecule has 1 saturated heterocycles. The second-order valence-electron chi connectivity index (χ2n) is 4.99. The maximum absolute atomic E-state index is 12.0. The molecule has 0 spiro atoms. The largest absolute Gasteiger partial charge is 0.481 e. The number of hydrogen-bond acceptors (Lipinski definition) is 3. The zero-order valence-corrected chi connectivity index (χ0v) is 11.1. The van der Waals surface area contributed by atoms with Crippen LogP contribution in [0.3, 0.4) is 0 Å². The standard InChI is InChI=1S/C12H23N3O3/c1-9(2)10(8-11(16)17)14-12(18)15-6-3-4-13-5-7-15/h9-10,13H,3-8H2,1-2H3,(H,14,18)(H,16,17). The Morgan fingerprint density at radius 3 is 2.67 bits per heavy atom. The number of carbonyl (C=O) groups is 2. The van der Waals surface area contributed by atoms with E-state index in [1.54, 1.807) is 4.90 Å². The lowest BCUT2D eigenvalue weighted by Gasteiger charge is -2.26. The first-order chi connectivity index (χ1) is 8.50. The van der Waals surface area contributed by atoms with Crippen LogP contribution in [0.25, 0.3) is 0 Å². The summed E-state index contributed by atoms with van der Waals surface area (Å²) in [7, 11) is 0. The molecule has 0 aromatic heterocycles. The molecule has 0 aliphatic carbocycles. The number of nitrogens with zero attached hydrogens (tertiary/aromatic N) is 1. The molecule has 1 aliphatic rings. The molecule has 3 N–H and O–H groups in total. The Labute approximate surface area is 108 Å². The molecule has 1 unspecified atom stereocenters. The Morgan fingerprint density at radius 2 is 2.06 bits per heavy atom. The van der Waals surface area contributed by atoms with E-state index >= 15 is 0 Å². The second-order valence-corrected chi connectivity index (χ2v) is 4.99. The highest BCUT2D eigenvalue weighted by Crippen LogP contribution is 2.07. The van der Waals surface area contributed by atoms with Gasteiger partial charge in [-0.2, -0.15) is 0 Å². The molecule has 0 radical (unpaired) electrons. The molecule has 2 amide bonds. The Balaban J connectivity index is 2.51. The van der Waals surface area contributed by atoms with Crippen molar-refractivity contribution in [2.45, 2.75) is 32.7 Å². The van der Waals surface area contributed by atoms with Crippen LogP contribution in [-0.2, 0) is 4.79 Å². The highest BCUT2D eigenvalue weighted by molar-refractivity contribution is 5.76. The zero-order valence-electron chi connectivity index (χ0n) is 11.1. The topological polar surface area (TPSA) is 81.7 Å². The molecule has 1 aliphatic heterocycles. The molecule has 1 rings (SSSR count). The van der Waals surface area contributed by atoms with Crippen molar-refractivity contribution in [2.24, 2.45) is 5.92 Å². The predicted molar refractivity (Wildman–Crippen MR) is 68.5 cm³/mol. The smallest absolute Gasteiger partial charge is 0.317 e. The summed E-state index contributed by atoms with van der Waals surface area (Å²) in [5, 5.41) is 14.9. The number of amides is 2. The maximum atomic E-state index is 12.0. The summed E-state index contributed by atoms with van der Waals surface area (Å²) in [6.45, 7) is 6.93. The van der Waals surface area contributed by atoms with Gasteiger partial charge in [0.1, 0.15) is 0 Å². The minimum atomic E-state index is -0.883. The molecule has 0 aromatic rings. The number of hydrogen-bond donors (Lipinski definition) is 3. The number of rotatable bonds is 4. The van der Waals surface area contributed by atoms with Crippen molar-refractivity contribution in [3.63, 3.8) is 0 Å². The summed E-state index contributed by atoms with van der Waals surface area (Å²) in [6.07, 6.45) is 0.897. The van der Waals surface area contributed by atoms with Crippen molar-refractivity contribution in [3.8, 4) is 0 Å². The average Bonchev–Trinajstić information content (AvgIpc) is 2.55. The van der Waals surface area contributed by atoms with Crippen LogP contribution in [0.1, 0.15) is 26.7 Å². The monoisotopic (exact) mass is 257 g/mol. The predicted octanol–water partition coefficient (Wildman–Crippen LogP) is 0.491. The van der Waals surface area contributed by atoms with Gasteiger partial charge in [-0.05, 0) is 18.9 Å². The molecule has 0 saturated carbocycles. The number of aliphatic carboxylic acids is 1. The molecular weight excluding hydrogens is 234 g/mol. The molecule has 0 bridgehead atoms. The second kappa shape index (κ2) is 7.20. The lowest BCUT2D eigenvalue weighted by atomic mass is 10.0. The van der Waals surface area contributed by atoms with Gasteiger partial charge in [-0.15, -0.1) is 0 Å². The van der Waals surface area contributed by atoms with Crippen LogP contribution < -0.4 is 10.6 Å². The van der Waals surface area contributed by atoms with Gasteiger partial charge < -0.3 is 20.6 Å². The first kappa shape index (κ1) is 14.8. The minimum Gasteiger partial charge on any atom is -0.481 e.